The van der Waals surface area contributed by atoms with Crippen LogP contribution in [0, 0.1) is 0 Å². The molecular formula is C23H25N3O5. The van der Waals surface area contributed by atoms with Crippen LogP contribution in [0.15, 0.2) is 53.7 Å². The number of carbonyl (C=O) groups is 1. The fourth-order valence-electron chi connectivity index (χ4n) is 3.95. The van der Waals surface area contributed by atoms with Crippen LogP contribution in [0.2, 0.25) is 0 Å². The smallest absolute Gasteiger partial charge is 0.338 e. The number of allylic oxidation sites excluding steroid dienone is 1. The zero-order valence-electron chi connectivity index (χ0n) is 18.0. The number of aromatic nitrogens is 2. The first kappa shape index (κ1) is 20.7. The van der Waals surface area contributed by atoms with Crippen molar-refractivity contribution in [3.05, 3.63) is 59.3 Å². The van der Waals surface area contributed by atoms with Gasteiger partial charge in [0.2, 0.25) is 5.95 Å². The number of nitrogens with one attached hydrogen (secondary N) is 1. The van der Waals surface area contributed by atoms with E-state index in [-0.39, 0.29) is 6.61 Å². The molecule has 0 saturated heterocycles. The highest BCUT2D eigenvalue weighted by atomic mass is 16.6. The van der Waals surface area contributed by atoms with E-state index in [1.54, 1.807) is 21.3 Å². The average molecular weight is 423 g/mol. The van der Waals surface area contributed by atoms with E-state index >= 15 is 0 Å². The monoisotopic (exact) mass is 423 g/mol. The molecule has 0 spiro atoms. The normalized spacial score (nSPS) is 15.4. The Labute approximate surface area is 180 Å². The van der Waals surface area contributed by atoms with Crippen LogP contribution in [-0.2, 0) is 14.3 Å². The van der Waals surface area contributed by atoms with Crippen LogP contribution >= 0.6 is 0 Å². The van der Waals surface area contributed by atoms with Gasteiger partial charge in [0.05, 0.1) is 43.5 Å². The molecule has 0 aliphatic carbocycles. The van der Waals surface area contributed by atoms with Crippen molar-refractivity contribution in [2.45, 2.75) is 13.0 Å². The summed E-state index contributed by atoms with van der Waals surface area (Å²) in [7, 11) is 4.74. The lowest BCUT2D eigenvalue weighted by molar-refractivity contribution is -0.140. The van der Waals surface area contributed by atoms with Crippen LogP contribution in [0.25, 0.3) is 11.0 Å². The van der Waals surface area contributed by atoms with Crippen molar-refractivity contribution in [1.29, 1.82) is 0 Å². The van der Waals surface area contributed by atoms with Crippen molar-refractivity contribution in [3.8, 4) is 11.5 Å². The third-order valence-corrected chi connectivity index (χ3v) is 5.30. The summed E-state index contributed by atoms with van der Waals surface area (Å²) in [6, 6.07) is 12.9. The van der Waals surface area contributed by atoms with Crippen LogP contribution in [0.3, 0.4) is 0 Å². The number of ether oxygens (including phenoxy) is 4. The number of para-hydroxylation sites is 3. The summed E-state index contributed by atoms with van der Waals surface area (Å²) in [6.07, 6.45) is 0. The Kier molecular flexibility index (Phi) is 5.81. The number of esters is 1. The highest BCUT2D eigenvalue weighted by Crippen LogP contribution is 2.45. The second kappa shape index (κ2) is 8.69. The van der Waals surface area contributed by atoms with E-state index in [9.17, 15) is 4.79 Å². The number of methoxy groups -OCH3 is 3. The summed E-state index contributed by atoms with van der Waals surface area (Å²) in [6.45, 7) is 2.32. The maximum absolute atomic E-state index is 13.2. The van der Waals surface area contributed by atoms with Crippen molar-refractivity contribution in [1.82, 2.24) is 9.55 Å². The molecule has 162 valence electrons. The van der Waals surface area contributed by atoms with Crippen LogP contribution in [0.4, 0.5) is 5.95 Å². The summed E-state index contributed by atoms with van der Waals surface area (Å²) >= 11 is 0. The van der Waals surface area contributed by atoms with Gasteiger partial charge in [-0.15, -0.1) is 0 Å². The Morgan fingerprint density at radius 2 is 1.87 bits per heavy atom. The number of benzene rings is 2. The van der Waals surface area contributed by atoms with E-state index < -0.39 is 12.0 Å². The van der Waals surface area contributed by atoms with Crippen molar-refractivity contribution in [2.75, 3.05) is 39.9 Å². The van der Waals surface area contributed by atoms with E-state index in [0.717, 1.165) is 16.6 Å². The van der Waals surface area contributed by atoms with Crippen molar-refractivity contribution >= 4 is 23.0 Å². The molecule has 1 aliphatic heterocycles. The highest BCUT2D eigenvalue weighted by Gasteiger charge is 2.37. The van der Waals surface area contributed by atoms with Crippen LogP contribution in [0.5, 0.6) is 11.5 Å². The molecule has 1 aromatic heterocycles. The number of hydrogen-bond acceptors (Lipinski definition) is 7. The molecule has 2 heterocycles. The first-order valence-electron chi connectivity index (χ1n) is 9.92. The molecule has 3 aromatic rings. The van der Waals surface area contributed by atoms with Gasteiger partial charge < -0.3 is 24.3 Å². The Morgan fingerprint density at radius 1 is 1.06 bits per heavy atom. The van der Waals surface area contributed by atoms with Crippen molar-refractivity contribution in [2.24, 2.45) is 0 Å². The molecular weight excluding hydrogens is 398 g/mol. The molecule has 1 N–H and O–H groups in total. The van der Waals surface area contributed by atoms with E-state index in [2.05, 4.69) is 5.32 Å². The molecule has 8 heteroatoms. The SMILES string of the molecule is COCCOC(=O)C1=C(C)Nc2nc3ccccc3n2C1c1cccc(OC)c1OC. The van der Waals surface area contributed by atoms with Crippen LogP contribution < -0.4 is 14.8 Å². The van der Waals surface area contributed by atoms with Gasteiger partial charge >= 0.3 is 5.97 Å². The summed E-state index contributed by atoms with van der Waals surface area (Å²) < 4.78 is 23.8. The zero-order valence-corrected chi connectivity index (χ0v) is 18.0. The summed E-state index contributed by atoms with van der Waals surface area (Å²) in [5, 5.41) is 3.26. The third-order valence-electron chi connectivity index (χ3n) is 5.30. The van der Waals surface area contributed by atoms with Gasteiger partial charge in [0.25, 0.3) is 0 Å². The van der Waals surface area contributed by atoms with Crippen LogP contribution in [-0.4, -0.2) is 50.1 Å². The first-order valence-corrected chi connectivity index (χ1v) is 9.92. The van der Waals surface area contributed by atoms with Gasteiger partial charge in [0, 0.05) is 18.4 Å². The van der Waals surface area contributed by atoms with Crippen molar-refractivity contribution in [3.63, 3.8) is 0 Å². The quantitative estimate of drug-likeness (QED) is 0.460. The summed E-state index contributed by atoms with van der Waals surface area (Å²) in [5.74, 6) is 1.34. The Morgan fingerprint density at radius 3 is 2.61 bits per heavy atom. The second-order valence-corrected chi connectivity index (χ2v) is 7.07. The average Bonchev–Trinajstić information content (AvgIpc) is 3.15. The molecule has 0 saturated carbocycles. The molecule has 31 heavy (non-hydrogen) atoms. The topological polar surface area (TPSA) is 83.8 Å². The second-order valence-electron chi connectivity index (χ2n) is 7.07. The number of imidazole rings is 1. The standard InChI is InChI=1S/C23H25N3O5/c1-14-19(22(27)31-13-12-28-2)20(15-8-7-11-18(29-3)21(15)30-4)26-17-10-6-5-9-16(17)25-23(26)24-14/h5-11,20H,12-13H2,1-4H3,(H,24,25). The molecule has 8 nitrogen and oxygen atoms in total. The number of carbonyl (C=O) groups excluding carboxylic acids is 1. The number of hydrogen-bond donors (Lipinski definition) is 1. The molecule has 0 radical (unpaired) electrons. The first-order chi connectivity index (χ1) is 15.1. The van der Waals surface area contributed by atoms with Gasteiger partial charge in [-0.1, -0.05) is 24.3 Å². The maximum Gasteiger partial charge on any atom is 0.338 e. The zero-order chi connectivity index (χ0) is 22.0. The van der Waals surface area contributed by atoms with Crippen LogP contribution in [0.1, 0.15) is 18.5 Å². The minimum atomic E-state index is -0.524. The van der Waals surface area contributed by atoms with E-state index in [0.29, 0.717) is 35.3 Å². The highest BCUT2D eigenvalue weighted by molar-refractivity contribution is 5.94. The van der Waals surface area contributed by atoms with E-state index in [1.165, 1.54) is 0 Å². The van der Waals surface area contributed by atoms with Crippen molar-refractivity contribution < 1.29 is 23.7 Å². The lowest BCUT2D eigenvalue weighted by atomic mass is 9.94. The molecule has 1 aliphatic rings. The number of nitrogens with zero attached hydrogens (tertiary/aromatic N) is 2. The predicted octanol–water partition coefficient (Wildman–Crippen LogP) is 3.53. The van der Waals surface area contributed by atoms with Gasteiger partial charge in [0.1, 0.15) is 6.61 Å². The molecule has 4 rings (SSSR count). The third kappa shape index (κ3) is 3.59. The number of anilines is 1. The predicted molar refractivity (Wildman–Crippen MR) is 117 cm³/mol. The van der Waals surface area contributed by atoms with Gasteiger partial charge in [-0.3, -0.25) is 4.57 Å². The van der Waals surface area contributed by atoms with Gasteiger partial charge in [-0.2, -0.15) is 0 Å². The Bertz CT molecular complexity index is 1150. The lowest BCUT2D eigenvalue weighted by Gasteiger charge is -2.31. The van der Waals surface area contributed by atoms with Gasteiger partial charge in [0.15, 0.2) is 11.5 Å². The van der Waals surface area contributed by atoms with E-state index in [4.69, 9.17) is 23.9 Å². The summed E-state index contributed by atoms with van der Waals surface area (Å²) in [5.41, 5.74) is 3.61. The minimum absolute atomic E-state index is 0.158. The molecule has 2 aromatic carbocycles. The molecule has 0 bridgehead atoms. The maximum atomic E-state index is 13.2. The molecule has 0 fully saturated rings. The molecule has 0 amide bonds. The van der Waals surface area contributed by atoms with E-state index in [1.807, 2.05) is 54.0 Å². The minimum Gasteiger partial charge on any atom is -0.493 e. The molecule has 1 unspecified atom stereocenters. The Balaban J connectivity index is 1.94. The summed E-state index contributed by atoms with van der Waals surface area (Å²) in [4.78, 5) is 17.9. The fraction of sp³-hybridized carbons (Fsp3) is 0.304. The largest absolute Gasteiger partial charge is 0.493 e. The number of rotatable bonds is 7. The molecule has 1 atom stereocenters. The number of fused-ring (bicyclic) bond motifs is 3. The fourth-order valence-corrected chi connectivity index (χ4v) is 3.95. The van der Waals surface area contributed by atoms with Gasteiger partial charge in [-0.05, 0) is 25.1 Å². The lowest BCUT2D eigenvalue weighted by Crippen LogP contribution is -2.29. The van der Waals surface area contributed by atoms with Gasteiger partial charge in [-0.25, -0.2) is 9.78 Å². The Hall–Kier alpha value is -3.52.